The average Bonchev–Trinajstić information content (AvgIpc) is 2.55. The normalized spacial score (nSPS) is 20.2. The fourth-order valence-electron chi connectivity index (χ4n) is 3.02. The third kappa shape index (κ3) is 2.67. The van der Waals surface area contributed by atoms with Crippen LogP contribution in [-0.2, 0) is 9.59 Å². The van der Waals surface area contributed by atoms with Crippen LogP contribution < -0.4 is 10.1 Å². The van der Waals surface area contributed by atoms with E-state index in [-0.39, 0.29) is 11.8 Å². The maximum absolute atomic E-state index is 12.9. The lowest BCUT2D eigenvalue weighted by Gasteiger charge is -2.49. The molecule has 2 fully saturated rings. The molecule has 2 aliphatic rings. The molecule has 2 aliphatic heterocycles. The minimum Gasteiger partial charge on any atom is -0.497 e. The van der Waals surface area contributed by atoms with Crippen molar-refractivity contribution in [2.24, 2.45) is 0 Å². The fourth-order valence-corrected chi connectivity index (χ4v) is 4.19. The minimum absolute atomic E-state index is 0.0639. The molecular weight excluding hydrogens is 300 g/mol. The van der Waals surface area contributed by atoms with Gasteiger partial charge in [-0.15, -0.1) is 0 Å². The third-order valence-electron chi connectivity index (χ3n) is 4.46. The smallest absolute Gasteiger partial charge is 0.250 e. The minimum atomic E-state index is -0.666. The maximum Gasteiger partial charge on any atom is 0.250 e. The molecule has 1 aromatic rings. The van der Waals surface area contributed by atoms with Crippen molar-refractivity contribution in [1.29, 1.82) is 0 Å². The van der Waals surface area contributed by atoms with E-state index in [4.69, 9.17) is 4.74 Å². The summed E-state index contributed by atoms with van der Waals surface area (Å²) in [5.74, 6) is 2.61. The van der Waals surface area contributed by atoms with Gasteiger partial charge in [0.15, 0.2) is 0 Å². The van der Waals surface area contributed by atoms with Gasteiger partial charge in [-0.1, -0.05) is 0 Å². The first-order valence-corrected chi connectivity index (χ1v) is 8.65. The summed E-state index contributed by atoms with van der Waals surface area (Å²) in [5.41, 5.74) is 0.0666. The molecule has 118 valence electrons. The number of hydrogen-bond acceptors (Lipinski definition) is 4. The number of ether oxygens (including phenoxy) is 1. The number of amides is 2. The highest BCUT2D eigenvalue weighted by Gasteiger charge is 2.50. The number of β-lactam (4-membered cyclic amide) rings is 1. The summed E-state index contributed by atoms with van der Waals surface area (Å²) in [6.07, 6.45) is 2.02. The number of carbonyl (C=O) groups is 2. The Balaban J connectivity index is 1.78. The van der Waals surface area contributed by atoms with Crippen molar-refractivity contribution in [3.63, 3.8) is 0 Å². The molecule has 22 heavy (non-hydrogen) atoms. The van der Waals surface area contributed by atoms with Crippen LogP contribution in [0, 0.1) is 0 Å². The van der Waals surface area contributed by atoms with E-state index in [2.05, 4.69) is 5.32 Å². The number of carbonyl (C=O) groups excluding carboxylic acids is 2. The zero-order valence-electron chi connectivity index (χ0n) is 12.6. The van der Waals surface area contributed by atoms with Crippen molar-refractivity contribution in [1.82, 2.24) is 4.90 Å². The summed E-state index contributed by atoms with van der Waals surface area (Å²) in [5, 5.41) is 2.98. The number of benzene rings is 1. The SMILES string of the molecule is COc1ccc(NC(=O)C2(N3CCC3=O)CCSCC2)cc1. The van der Waals surface area contributed by atoms with Crippen molar-refractivity contribution in [3.05, 3.63) is 24.3 Å². The molecule has 0 unspecified atom stereocenters. The Bertz CT molecular complexity index is 567. The zero-order valence-corrected chi connectivity index (χ0v) is 13.4. The van der Waals surface area contributed by atoms with E-state index >= 15 is 0 Å². The van der Waals surface area contributed by atoms with E-state index in [9.17, 15) is 9.59 Å². The molecule has 2 amide bonds. The van der Waals surface area contributed by atoms with E-state index < -0.39 is 5.54 Å². The standard InChI is InChI=1S/C16H20N2O3S/c1-21-13-4-2-12(3-5-13)17-15(20)16(7-10-22-11-8-16)18-9-6-14(18)19/h2-5H,6-11H2,1H3,(H,17,20). The number of nitrogens with one attached hydrogen (secondary N) is 1. The molecule has 0 bridgehead atoms. The number of methoxy groups -OCH3 is 1. The van der Waals surface area contributed by atoms with Crippen LogP contribution in [0.2, 0.25) is 0 Å². The number of likely N-dealkylation sites (tertiary alicyclic amines) is 1. The van der Waals surface area contributed by atoms with E-state index in [1.807, 2.05) is 36.0 Å². The molecule has 3 rings (SSSR count). The Hall–Kier alpha value is -1.69. The first-order valence-electron chi connectivity index (χ1n) is 7.49. The van der Waals surface area contributed by atoms with Gasteiger partial charge in [-0.05, 0) is 48.6 Å². The van der Waals surface area contributed by atoms with Gasteiger partial charge in [0.1, 0.15) is 11.3 Å². The van der Waals surface area contributed by atoms with E-state index in [0.717, 1.165) is 35.8 Å². The zero-order chi connectivity index (χ0) is 15.6. The van der Waals surface area contributed by atoms with Crippen LogP contribution in [-0.4, -0.2) is 47.4 Å². The van der Waals surface area contributed by atoms with Crippen molar-refractivity contribution < 1.29 is 14.3 Å². The molecule has 0 saturated carbocycles. The molecule has 6 heteroatoms. The Morgan fingerprint density at radius 2 is 1.95 bits per heavy atom. The second kappa shape index (κ2) is 6.20. The van der Waals surface area contributed by atoms with Gasteiger partial charge in [0.2, 0.25) is 11.8 Å². The van der Waals surface area contributed by atoms with Gasteiger partial charge >= 0.3 is 0 Å². The largest absolute Gasteiger partial charge is 0.497 e. The number of rotatable bonds is 4. The van der Waals surface area contributed by atoms with Crippen molar-refractivity contribution in [2.75, 3.05) is 30.5 Å². The second-order valence-corrected chi connectivity index (χ2v) is 6.85. The molecule has 0 radical (unpaired) electrons. The van der Waals surface area contributed by atoms with Gasteiger partial charge in [-0.2, -0.15) is 11.8 Å². The van der Waals surface area contributed by atoms with Crippen molar-refractivity contribution >= 4 is 29.3 Å². The predicted molar refractivity (Wildman–Crippen MR) is 87.2 cm³/mol. The Kier molecular flexibility index (Phi) is 4.29. The highest BCUT2D eigenvalue weighted by molar-refractivity contribution is 7.99. The van der Waals surface area contributed by atoms with Crippen LogP contribution in [0.1, 0.15) is 19.3 Å². The number of thioether (sulfide) groups is 1. The average molecular weight is 320 g/mol. The topological polar surface area (TPSA) is 58.6 Å². The molecule has 0 aliphatic carbocycles. The van der Waals surface area contributed by atoms with Crippen LogP contribution in [0.3, 0.4) is 0 Å². The van der Waals surface area contributed by atoms with E-state index in [1.165, 1.54) is 0 Å². The Morgan fingerprint density at radius 3 is 2.45 bits per heavy atom. The molecule has 5 nitrogen and oxygen atoms in total. The summed E-state index contributed by atoms with van der Waals surface area (Å²) in [4.78, 5) is 26.5. The Morgan fingerprint density at radius 1 is 1.27 bits per heavy atom. The summed E-state index contributed by atoms with van der Waals surface area (Å²) in [6, 6.07) is 7.27. The van der Waals surface area contributed by atoms with Gasteiger partial charge < -0.3 is 15.0 Å². The monoisotopic (exact) mass is 320 g/mol. The third-order valence-corrected chi connectivity index (χ3v) is 5.44. The molecule has 1 N–H and O–H groups in total. The summed E-state index contributed by atoms with van der Waals surface area (Å²) in [6.45, 7) is 0.694. The maximum atomic E-state index is 12.9. The van der Waals surface area contributed by atoms with Gasteiger partial charge in [-0.25, -0.2) is 0 Å². The highest BCUT2D eigenvalue weighted by Crippen LogP contribution is 2.37. The van der Waals surface area contributed by atoms with Crippen LogP contribution >= 0.6 is 11.8 Å². The first-order chi connectivity index (χ1) is 10.7. The molecule has 0 aromatic heterocycles. The lowest BCUT2D eigenvalue weighted by Crippen LogP contribution is -2.65. The molecule has 0 atom stereocenters. The predicted octanol–water partition coefficient (Wildman–Crippen LogP) is 2.13. The molecular formula is C16H20N2O3S. The summed E-state index contributed by atoms with van der Waals surface area (Å²) >= 11 is 1.84. The van der Waals surface area contributed by atoms with Gasteiger partial charge in [0.05, 0.1) is 7.11 Å². The summed E-state index contributed by atoms with van der Waals surface area (Å²) in [7, 11) is 1.61. The van der Waals surface area contributed by atoms with Crippen LogP contribution in [0.25, 0.3) is 0 Å². The quantitative estimate of drug-likeness (QED) is 0.864. The van der Waals surface area contributed by atoms with Crippen molar-refractivity contribution in [3.8, 4) is 5.75 Å². The van der Waals surface area contributed by atoms with Gasteiger partial charge in [-0.3, -0.25) is 9.59 Å². The lowest BCUT2D eigenvalue weighted by atomic mass is 9.85. The van der Waals surface area contributed by atoms with Crippen LogP contribution in [0.5, 0.6) is 5.75 Å². The Labute approximate surface area is 134 Å². The first kappa shape index (κ1) is 15.2. The molecule has 2 saturated heterocycles. The number of nitrogens with zero attached hydrogens (tertiary/aromatic N) is 1. The van der Waals surface area contributed by atoms with Gasteiger partial charge in [0, 0.05) is 18.7 Å². The van der Waals surface area contributed by atoms with Crippen molar-refractivity contribution in [2.45, 2.75) is 24.8 Å². The number of anilines is 1. The molecule has 2 heterocycles. The highest BCUT2D eigenvalue weighted by atomic mass is 32.2. The van der Waals surface area contributed by atoms with Crippen LogP contribution in [0.15, 0.2) is 24.3 Å². The lowest BCUT2D eigenvalue weighted by molar-refractivity contribution is -0.155. The molecule has 1 aromatic carbocycles. The van der Waals surface area contributed by atoms with Gasteiger partial charge in [0.25, 0.3) is 0 Å². The second-order valence-electron chi connectivity index (χ2n) is 5.62. The number of hydrogen-bond donors (Lipinski definition) is 1. The van der Waals surface area contributed by atoms with E-state index in [1.54, 1.807) is 12.0 Å². The summed E-state index contributed by atoms with van der Waals surface area (Å²) < 4.78 is 5.12. The van der Waals surface area contributed by atoms with Crippen LogP contribution in [0.4, 0.5) is 5.69 Å². The van der Waals surface area contributed by atoms with E-state index in [0.29, 0.717) is 13.0 Å². The molecule has 0 spiro atoms. The fraction of sp³-hybridized carbons (Fsp3) is 0.500.